The number of hydrogen-bond donors (Lipinski definition) is 4. The van der Waals surface area contributed by atoms with Crippen LogP contribution in [0.5, 0.6) is 11.5 Å². The number of ether oxygens (including phenoxy) is 4. The number of carbonyl (C=O) groups excluding carboxylic acids is 1. The van der Waals surface area contributed by atoms with Crippen molar-refractivity contribution >= 4 is 5.97 Å². The SMILES string of the molecule is COc1c(C)c2c(c(O[C@@H]3O[C@H](CO)[C@@H](O)[C@H](O)[C@H]3O)c1C)C(=O)OC2. The molecule has 1 fully saturated rings. The molecule has 3 rings (SSSR count). The Hall–Kier alpha value is -1.91. The molecule has 2 aliphatic rings. The molecule has 0 radical (unpaired) electrons. The maximum atomic E-state index is 12.2. The third-order valence-electron chi connectivity index (χ3n) is 4.84. The van der Waals surface area contributed by atoms with E-state index in [4.69, 9.17) is 18.9 Å². The minimum atomic E-state index is -1.59. The lowest BCUT2D eigenvalue weighted by atomic mass is 9.97. The van der Waals surface area contributed by atoms with Crippen LogP contribution in [-0.4, -0.2) is 70.8 Å². The van der Waals surface area contributed by atoms with Gasteiger partial charge in [0.2, 0.25) is 6.29 Å². The van der Waals surface area contributed by atoms with Crippen molar-refractivity contribution in [3.63, 3.8) is 0 Å². The van der Waals surface area contributed by atoms with Crippen molar-refractivity contribution < 1.29 is 44.2 Å². The Kier molecular flexibility index (Phi) is 5.09. The van der Waals surface area contributed by atoms with Crippen LogP contribution >= 0.6 is 0 Å². The summed E-state index contributed by atoms with van der Waals surface area (Å²) in [5.74, 6) is 0.0318. The topological polar surface area (TPSA) is 135 Å². The van der Waals surface area contributed by atoms with E-state index >= 15 is 0 Å². The van der Waals surface area contributed by atoms with Gasteiger partial charge in [0.1, 0.15) is 48.1 Å². The van der Waals surface area contributed by atoms with Crippen LogP contribution in [0.3, 0.4) is 0 Å². The second kappa shape index (κ2) is 7.01. The Balaban J connectivity index is 2.02. The lowest BCUT2D eigenvalue weighted by Gasteiger charge is -2.40. The van der Waals surface area contributed by atoms with E-state index in [0.29, 0.717) is 16.9 Å². The number of methoxy groups -OCH3 is 1. The third-order valence-corrected chi connectivity index (χ3v) is 4.84. The summed E-state index contributed by atoms with van der Waals surface area (Å²) in [6.45, 7) is 2.96. The van der Waals surface area contributed by atoms with Crippen molar-refractivity contribution in [3.8, 4) is 11.5 Å². The predicted molar refractivity (Wildman–Crippen MR) is 86.0 cm³/mol. The van der Waals surface area contributed by atoms with Crippen LogP contribution in [0.2, 0.25) is 0 Å². The van der Waals surface area contributed by atoms with Gasteiger partial charge in [0.05, 0.1) is 13.7 Å². The molecule has 2 aliphatic heterocycles. The van der Waals surface area contributed by atoms with E-state index in [2.05, 4.69) is 0 Å². The number of benzene rings is 1. The first-order chi connectivity index (χ1) is 12.3. The maximum Gasteiger partial charge on any atom is 0.342 e. The highest BCUT2D eigenvalue weighted by atomic mass is 16.7. The van der Waals surface area contributed by atoms with E-state index in [-0.39, 0.29) is 17.9 Å². The van der Waals surface area contributed by atoms with Gasteiger partial charge in [-0.15, -0.1) is 0 Å². The van der Waals surface area contributed by atoms with E-state index in [9.17, 15) is 25.2 Å². The Morgan fingerprint density at radius 2 is 1.77 bits per heavy atom. The minimum absolute atomic E-state index is 0.0711. The van der Waals surface area contributed by atoms with Gasteiger partial charge < -0.3 is 39.4 Å². The molecule has 1 aromatic rings. The molecule has 0 aromatic heterocycles. The van der Waals surface area contributed by atoms with Gasteiger partial charge >= 0.3 is 5.97 Å². The average molecular weight is 370 g/mol. The summed E-state index contributed by atoms with van der Waals surface area (Å²) >= 11 is 0. The zero-order valence-corrected chi connectivity index (χ0v) is 14.6. The zero-order valence-electron chi connectivity index (χ0n) is 14.6. The molecular formula is C17H22O9. The number of aliphatic hydroxyl groups is 4. The standard InChI is InChI=1S/C17H22O9/c1-6-8-5-24-16(22)10(8)15(7(2)14(6)23-3)26-17-13(21)12(20)11(19)9(4-18)25-17/h9,11-13,17-21H,4-5H2,1-3H3/t9-,11-,12+,13-,17+/m1/s1. The van der Waals surface area contributed by atoms with Gasteiger partial charge in [0.25, 0.3) is 0 Å². The van der Waals surface area contributed by atoms with Gasteiger partial charge in [-0.1, -0.05) is 0 Å². The lowest BCUT2D eigenvalue weighted by Crippen LogP contribution is -2.60. The molecule has 144 valence electrons. The van der Waals surface area contributed by atoms with Crippen LogP contribution < -0.4 is 9.47 Å². The molecule has 0 amide bonds. The largest absolute Gasteiger partial charge is 0.496 e. The quantitative estimate of drug-likeness (QED) is 0.500. The Morgan fingerprint density at radius 1 is 1.08 bits per heavy atom. The lowest BCUT2D eigenvalue weighted by molar-refractivity contribution is -0.277. The molecule has 9 nitrogen and oxygen atoms in total. The third kappa shape index (κ3) is 2.81. The molecular weight excluding hydrogens is 348 g/mol. The van der Waals surface area contributed by atoms with Crippen LogP contribution in [0.4, 0.5) is 0 Å². The predicted octanol–water partition coefficient (Wildman–Crippen LogP) is -0.839. The molecule has 0 aliphatic carbocycles. The van der Waals surface area contributed by atoms with Gasteiger partial charge in [-0.2, -0.15) is 0 Å². The molecule has 5 atom stereocenters. The van der Waals surface area contributed by atoms with Crippen LogP contribution in [0.15, 0.2) is 0 Å². The van der Waals surface area contributed by atoms with E-state index < -0.39 is 43.3 Å². The number of esters is 1. The normalized spacial score (nSPS) is 30.7. The summed E-state index contributed by atoms with van der Waals surface area (Å²) in [6, 6.07) is 0. The molecule has 1 saturated heterocycles. The van der Waals surface area contributed by atoms with Gasteiger partial charge in [-0.25, -0.2) is 4.79 Å². The molecule has 0 bridgehead atoms. The first kappa shape index (κ1) is 18.9. The molecule has 1 aromatic carbocycles. The molecule has 0 spiro atoms. The smallest absolute Gasteiger partial charge is 0.342 e. The second-order valence-corrected chi connectivity index (χ2v) is 6.36. The fourth-order valence-corrected chi connectivity index (χ4v) is 3.37. The Bertz CT molecular complexity index is 715. The maximum absolute atomic E-state index is 12.2. The van der Waals surface area contributed by atoms with Gasteiger partial charge in [-0.05, 0) is 19.4 Å². The molecule has 26 heavy (non-hydrogen) atoms. The summed E-state index contributed by atoms with van der Waals surface area (Å²) in [6.07, 6.45) is -7.20. The van der Waals surface area contributed by atoms with Crippen molar-refractivity contribution in [1.82, 2.24) is 0 Å². The molecule has 4 N–H and O–H groups in total. The van der Waals surface area contributed by atoms with Crippen LogP contribution in [0, 0.1) is 13.8 Å². The van der Waals surface area contributed by atoms with Crippen LogP contribution in [0.25, 0.3) is 0 Å². The van der Waals surface area contributed by atoms with E-state index in [0.717, 1.165) is 5.56 Å². The van der Waals surface area contributed by atoms with Crippen molar-refractivity contribution in [3.05, 3.63) is 22.3 Å². The highest BCUT2D eigenvalue weighted by Crippen LogP contribution is 2.42. The van der Waals surface area contributed by atoms with Gasteiger partial charge in [0.15, 0.2) is 0 Å². The van der Waals surface area contributed by atoms with Crippen molar-refractivity contribution in [2.24, 2.45) is 0 Å². The Morgan fingerprint density at radius 3 is 2.38 bits per heavy atom. The summed E-state index contributed by atoms with van der Waals surface area (Å²) in [5, 5.41) is 39.3. The average Bonchev–Trinajstić information content (AvgIpc) is 3.01. The summed E-state index contributed by atoms with van der Waals surface area (Å²) in [4.78, 5) is 12.2. The van der Waals surface area contributed by atoms with Crippen LogP contribution in [0.1, 0.15) is 27.0 Å². The van der Waals surface area contributed by atoms with Crippen molar-refractivity contribution in [2.45, 2.75) is 51.2 Å². The monoisotopic (exact) mass is 370 g/mol. The summed E-state index contributed by atoms with van der Waals surface area (Å²) in [7, 11) is 1.48. The highest BCUT2D eigenvalue weighted by Gasteiger charge is 2.45. The molecule has 0 saturated carbocycles. The number of aliphatic hydroxyl groups excluding tert-OH is 4. The number of carbonyl (C=O) groups is 1. The van der Waals surface area contributed by atoms with Gasteiger partial charge in [0, 0.05) is 11.1 Å². The number of cyclic esters (lactones) is 1. The Labute approximate surface area is 149 Å². The first-order valence-corrected chi connectivity index (χ1v) is 8.16. The molecule has 9 heteroatoms. The van der Waals surface area contributed by atoms with Gasteiger partial charge in [-0.3, -0.25) is 0 Å². The minimum Gasteiger partial charge on any atom is -0.496 e. The summed E-state index contributed by atoms with van der Waals surface area (Å²) in [5.41, 5.74) is 2.06. The zero-order chi connectivity index (χ0) is 19.2. The fourth-order valence-electron chi connectivity index (χ4n) is 3.37. The van der Waals surface area contributed by atoms with E-state index in [1.165, 1.54) is 7.11 Å². The number of fused-ring (bicyclic) bond motifs is 1. The molecule has 2 heterocycles. The molecule has 0 unspecified atom stereocenters. The number of rotatable bonds is 4. The highest BCUT2D eigenvalue weighted by molar-refractivity contribution is 5.98. The first-order valence-electron chi connectivity index (χ1n) is 8.16. The van der Waals surface area contributed by atoms with Crippen LogP contribution in [-0.2, 0) is 16.1 Å². The fraction of sp³-hybridized carbons (Fsp3) is 0.588. The van der Waals surface area contributed by atoms with Crippen molar-refractivity contribution in [1.29, 1.82) is 0 Å². The van der Waals surface area contributed by atoms with Crippen molar-refractivity contribution in [2.75, 3.05) is 13.7 Å². The summed E-state index contributed by atoms with van der Waals surface area (Å²) < 4.78 is 21.6. The van der Waals surface area contributed by atoms with E-state index in [1.807, 2.05) is 0 Å². The van der Waals surface area contributed by atoms with E-state index in [1.54, 1.807) is 13.8 Å². The second-order valence-electron chi connectivity index (χ2n) is 6.36. The number of hydrogen-bond acceptors (Lipinski definition) is 9.